The molecule has 5 rings (SSSR count). The van der Waals surface area contributed by atoms with Gasteiger partial charge >= 0.3 is 5.97 Å². The number of esters is 1. The Morgan fingerprint density at radius 2 is 1.96 bits per heavy atom. The quantitative estimate of drug-likeness (QED) is 0.489. The summed E-state index contributed by atoms with van der Waals surface area (Å²) in [4.78, 5) is 13.1. The highest BCUT2D eigenvalue weighted by Crippen LogP contribution is 2.83. The van der Waals surface area contributed by atoms with Gasteiger partial charge < -0.3 is 9.47 Å². The van der Waals surface area contributed by atoms with Gasteiger partial charge in [0.15, 0.2) is 0 Å². The van der Waals surface area contributed by atoms with Crippen LogP contribution in [0.15, 0.2) is 0 Å². The van der Waals surface area contributed by atoms with E-state index >= 15 is 0 Å². The molecule has 0 aromatic carbocycles. The molecular formula is C19H27ClO3. The van der Waals surface area contributed by atoms with E-state index in [1.54, 1.807) is 0 Å². The maximum atomic E-state index is 13.1. The Morgan fingerprint density at radius 1 is 1.17 bits per heavy atom. The average Bonchev–Trinajstić information content (AvgIpc) is 2.92. The molecule has 1 saturated heterocycles. The van der Waals surface area contributed by atoms with Gasteiger partial charge in [-0.05, 0) is 50.4 Å². The molecular weight excluding hydrogens is 312 g/mol. The molecule has 2 spiro atoms. The first-order chi connectivity index (χ1) is 10.8. The van der Waals surface area contributed by atoms with Gasteiger partial charge in [-0.3, -0.25) is 4.79 Å². The van der Waals surface area contributed by atoms with E-state index in [2.05, 4.69) is 6.92 Å². The summed E-state index contributed by atoms with van der Waals surface area (Å²) in [6.45, 7) is 6.20. The van der Waals surface area contributed by atoms with E-state index in [1.807, 2.05) is 13.8 Å². The van der Waals surface area contributed by atoms with Gasteiger partial charge in [-0.15, -0.1) is 11.6 Å². The second-order valence-electron chi connectivity index (χ2n) is 9.35. The van der Waals surface area contributed by atoms with E-state index in [9.17, 15) is 4.79 Å². The van der Waals surface area contributed by atoms with Crippen molar-refractivity contribution in [2.75, 3.05) is 0 Å². The number of rotatable bonds is 0. The highest BCUT2D eigenvalue weighted by atomic mass is 35.5. The number of carbonyl (C=O) groups excluding carboxylic acids is 1. The van der Waals surface area contributed by atoms with Gasteiger partial charge in [0.05, 0.1) is 11.0 Å². The van der Waals surface area contributed by atoms with Crippen LogP contribution in [-0.4, -0.2) is 22.7 Å². The summed E-state index contributed by atoms with van der Waals surface area (Å²) in [6, 6.07) is 0. The third-order valence-corrected chi connectivity index (χ3v) is 8.81. The molecule has 0 radical (unpaired) electrons. The molecule has 0 N–H and O–H groups in total. The molecule has 0 bridgehead atoms. The molecule has 4 aliphatic carbocycles. The van der Waals surface area contributed by atoms with Crippen molar-refractivity contribution in [3.63, 3.8) is 0 Å². The minimum absolute atomic E-state index is 0.00302. The van der Waals surface area contributed by atoms with Crippen molar-refractivity contribution < 1.29 is 14.3 Å². The fraction of sp³-hybridized carbons (Fsp3) is 0.947. The van der Waals surface area contributed by atoms with Gasteiger partial charge in [0.2, 0.25) is 5.79 Å². The van der Waals surface area contributed by atoms with Crippen LogP contribution in [0.4, 0.5) is 0 Å². The van der Waals surface area contributed by atoms with E-state index < -0.39 is 11.2 Å². The number of cyclic esters (lactones) is 1. The Labute approximate surface area is 143 Å². The zero-order valence-electron chi connectivity index (χ0n) is 14.4. The van der Waals surface area contributed by atoms with Crippen molar-refractivity contribution >= 4 is 17.6 Å². The van der Waals surface area contributed by atoms with Crippen LogP contribution in [0, 0.1) is 28.6 Å². The van der Waals surface area contributed by atoms with E-state index in [-0.39, 0.29) is 22.4 Å². The lowest BCUT2D eigenvalue weighted by Crippen LogP contribution is -2.78. The molecule has 1 heterocycles. The molecule has 0 aromatic heterocycles. The standard InChI is InChI=1S/C19H27ClO3/c1-11-6-7-14(20)13-10-17-9-12-5-4-8-18(11,12)19(13,17)23-16(2,3)22-15(17)21/h11-14H,4-10H2,1-3H3/t11-,12+,13+,14-,17?,18-,19?/m1/s1. The average molecular weight is 339 g/mol. The minimum Gasteiger partial charge on any atom is -0.433 e. The van der Waals surface area contributed by atoms with Gasteiger partial charge in [0, 0.05) is 30.6 Å². The Hall–Kier alpha value is -0.280. The van der Waals surface area contributed by atoms with E-state index in [0.717, 1.165) is 25.7 Å². The Balaban J connectivity index is 1.77. The zero-order valence-corrected chi connectivity index (χ0v) is 15.1. The highest BCUT2D eigenvalue weighted by molar-refractivity contribution is 6.21. The van der Waals surface area contributed by atoms with Gasteiger partial charge in [0.1, 0.15) is 0 Å². The first-order valence-corrected chi connectivity index (χ1v) is 9.80. The second-order valence-corrected chi connectivity index (χ2v) is 9.91. The molecule has 128 valence electrons. The Morgan fingerprint density at radius 3 is 2.74 bits per heavy atom. The van der Waals surface area contributed by atoms with E-state index in [1.165, 1.54) is 19.3 Å². The molecule has 1 aliphatic heterocycles. The van der Waals surface area contributed by atoms with Crippen molar-refractivity contribution in [2.45, 2.75) is 82.5 Å². The molecule has 7 atom stereocenters. The van der Waals surface area contributed by atoms with Crippen molar-refractivity contribution in [3.8, 4) is 0 Å². The predicted octanol–water partition coefficient (Wildman–Crippen LogP) is 4.27. The number of hydrogen-bond donors (Lipinski definition) is 0. The molecule has 0 aromatic rings. The number of hydrogen-bond acceptors (Lipinski definition) is 3. The summed E-state index contributed by atoms with van der Waals surface area (Å²) >= 11 is 6.85. The van der Waals surface area contributed by atoms with Crippen LogP contribution >= 0.6 is 11.6 Å². The molecule has 3 nitrogen and oxygen atoms in total. The lowest BCUT2D eigenvalue weighted by atomic mass is 9.43. The van der Waals surface area contributed by atoms with Crippen LogP contribution in [0.25, 0.3) is 0 Å². The fourth-order valence-electron chi connectivity index (χ4n) is 7.80. The third kappa shape index (κ3) is 1.36. The smallest absolute Gasteiger partial charge is 0.317 e. The zero-order chi connectivity index (χ0) is 16.3. The predicted molar refractivity (Wildman–Crippen MR) is 87.0 cm³/mol. The highest BCUT2D eigenvalue weighted by Gasteiger charge is 2.88. The van der Waals surface area contributed by atoms with Crippen LogP contribution in [0.3, 0.4) is 0 Å². The third-order valence-electron chi connectivity index (χ3n) is 8.29. The van der Waals surface area contributed by atoms with E-state index in [4.69, 9.17) is 21.1 Å². The van der Waals surface area contributed by atoms with Crippen molar-refractivity contribution in [1.82, 2.24) is 0 Å². The van der Waals surface area contributed by atoms with Crippen LogP contribution in [0.2, 0.25) is 0 Å². The number of ether oxygens (including phenoxy) is 2. The largest absolute Gasteiger partial charge is 0.433 e. The van der Waals surface area contributed by atoms with Crippen LogP contribution < -0.4 is 0 Å². The summed E-state index contributed by atoms with van der Waals surface area (Å²) in [5.41, 5.74) is -0.650. The van der Waals surface area contributed by atoms with Gasteiger partial charge in [-0.25, -0.2) is 0 Å². The molecule has 2 unspecified atom stereocenters. The number of carbonyl (C=O) groups is 1. The maximum Gasteiger partial charge on any atom is 0.317 e. The Bertz CT molecular complexity index is 589. The molecule has 4 heteroatoms. The van der Waals surface area contributed by atoms with Gasteiger partial charge in [0.25, 0.3) is 0 Å². The lowest BCUT2D eigenvalue weighted by molar-refractivity contribution is -0.394. The second kappa shape index (κ2) is 4.09. The molecule has 4 saturated carbocycles. The lowest BCUT2D eigenvalue weighted by Gasteiger charge is -2.69. The molecule has 5 aliphatic rings. The number of alkyl halides is 1. The van der Waals surface area contributed by atoms with Crippen molar-refractivity contribution in [1.29, 1.82) is 0 Å². The first kappa shape index (κ1) is 15.0. The fourth-order valence-corrected chi connectivity index (χ4v) is 8.19. The summed E-state index contributed by atoms with van der Waals surface area (Å²) in [5.74, 6) is 0.654. The molecule has 23 heavy (non-hydrogen) atoms. The maximum absolute atomic E-state index is 13.1. The van der Waals surface area contributed by atoms with Crippen molar-refractivity contribution in [3.05, 3.63) is 0 Å². The van der Waals surface area contributed by atoms with Crippen LogP contribution in [0.5, 0.6) is 0 Å². The molecule has 0 amide bonds. The van der Waals surface area contributed by atoms with Crippen molar-refractivity contribution in [2.24, 2.45) is 28.6 Å². The van der Waals surface area contributed by atoms with Gasteiger partial charge in [-0.2, -0.15) is 0 Å². The Kier molecular flexibility index (Phi) is 2.67. The topological polar surface area (TPSA) is 35.5 Å². The monoisotopic (exact) mass is 338 g/mol. The summed E-state index contributed by atoms with van der Waals surface area (Å²) in [7, 11) is 0. The number of halogens is 1. The summed E-state index contributed by atoms with van der Waals surface area (Å²) in [5, 5.41) is 0.131. The van der Waals surface area contributed by atoms with Gasteiger partial charge in [-0.1, -0.05) is 13.3 Å². The van der Waals surface area contributed by atoms with Crippen LogP contribution in [0.1, 0.15) is 65.7 Å². The van der Waals surface area contributed by atoms with E-state index in [0.29, 0.717) is 17.8 Å². The first-order valence-electron chi connectivity index (χ1n) is 9.37. The van der Waals surface area contributed by atoms with Crippen LogP contribution in [-0.2, 0) is 14.3 Å². The normalized spacial score (nSPS) is 59.2. The summed E-state index contributed by atoms with van der Waals surface area (Å²) in [6.07, 6.45) is 7.77. The molecule has 5 fully saturated rings. The SMILES string of the molecule is C[C@@H]1CC[C@@H](Cl)[C@@H]2CC34C[C@@H]5CCC[C@]51C23OC(C)(C)OC4=O. The minimum atomic E-state index is -0.829. The summed E-state index contributed by atoms with van der Waals surface area (Å²) < 4.78 is 12.6.